The van der Waals surface area contributed by atoms with Crippen molar-refractivity contribution in [2.45, 2.75) is 11.8 Å². The number of piperazine rings is 1. The van der Waals surface area contributed by atoms with Gasteiger partial charge in [-0.05, 0) is 48.9 Å². The molecule has 0 spiro atoms. The van der Waals surface area contributed by atoms with E-state index in [2.05, 4.69) is 4.90 Å². The number of methoxy groups -OCH3 is 1. The van der Waals surface area contributed by atoms with Crippen LogP contribution in [0.3, 0.4) is 0 Å². The molecule has 0 aromatic heterocycles. The largest absolute Gasteiger partial charge is 0.497 e. The summed E-state index contributed by atoms with van der Waals surface area (Å²) < 4.78 is 38.0. The summed E-state index contributed by atoms with van der Waals surface area (Å²) >= 11 is 0. The zero-order valence-electron chi connectivity index (χ0n) is 15.8. The van der Waals surface area contributed by atoms with Gasteiger partial charge < -0.3 is 9.47 Å². The average molecular weight is 391 g/mol. The molecule has 0 radical (unpaired) electrons. The summed E-state index contributed by atoms with van der Waals surface area (Å²) in [4.78, 5) is 2.54. The van der Waals surface area contributed by atoms with Crippen molar-refractivity contribution >= 4 is 10.0 Å². The van der Waals surface area contributed by atoms with Crippen LogP contribution in [0.4, 0.5) is 0 Å². The van der Waals surface area contributed by atoms with Crippen LogP contribution < -0.4 is 9.47 Å². The molecule has 0 atom stereocenters. The molecule has 1 fully saturated rings. The zero-order valence-corrected chi connectivity index (χ0v) is 16.6. The molecular formula is C20H26N2O4S. The van der Waals surface area contributed by atoms with Gasteiger partial charge in [-0.25, -0.2) is 8.42 Å². The van der Waals surface area contributed by atoms with Crippen LogP contribution in [0.1, 0.15) is 5.56 Å². The lowest BCUT2D eigenvalue weighted by atomic mass is 10.2. The topological polar surface area (TPSA) is 59.1 Å². The Kier molecular flexibility index (Phi) is 6.36. The summed E-state index contributed by atoms with van der Waals surface area (Å²) in [5.41, 5.74) is 1.17. The Morgan fingerprint density at radius 2 is 1.67 bits per heavy atom. The second-order valence-corrected chi connectivity index (χ2v) is 8.52. The van der Waals surface area contributed by atoms with Gasteiger partial charge in [-0.15, -0.1) is 0 Å². The molecule has 2 aromatic rings. The maximum absolute atomic E-state index is 12.8. The first-order valence-electron chi connectivity index (χ1n) is 9.05. The van der Waals surface area contributed by atoms with Crippen LogP contribution in [-0.2, 0) is 10.0 Å². The van der Waals surface area contributed by atoms with E-state index < -0.39 is 10.0 Å². The van der Waals surface area contributed by atoms with Crippen LogP contribution >= 0.6 is 0 Å². The van der Waals surface area contributed by atoms with E-state index in [9.17, 15) is 8.42 Å². The van der Waals surface area contributed by atoms with E-state index in [-0.39, 0.29) is 0 Å². The molecule has 1 aliphatic heterocycles. The van der Waals surface area contributed by atoms with Crippen molar-refractivity contribution in [3.63, 3.8) is 0 Å². The van der Waals surface area contributed by atoms with Crippen molar-refractivity contribution in [2.75, 3.05) is 46.4 Å². The van der Waals surface area contributed by atoms with Crippen LogP contribution in [0, 0.1) is 6.92 Å². The summed E-state index contributed by atoms with van der Waals surface area (Å²) in [7, 11) is -1.90. The Bertz CT molecular complexity index is 845. The van der Waals surface area contributed by atoms with Crippen molar-refractivity contribution < 1.29 is 17.9 Å². The molecule has 0 unspecified atom stereocenters. The normalized spacial score (nSPS) is 16.2. The lowest BCUT2D eigenvalue weighted by Crippen LogP contribution is -2.49. The molecule has 0 amide bonds. The lowest BCUT2D eigenvalue weighted by Gasteiger charge is -2.33. The fourth-order valence-electron chi connectivity index (χ4n) is 3.09. The quantitative estimate of drug-likeness (QED) is 0.727. The van der Waals surface area contributed by atoms with E-state index in [0.29, 0.717) is 43.4 Å². The smallest absolute Gasteiger partial charge is 0.243 e. The number of benzene rings is 2. The molecule has 2 aromatic carbocycles. The van der Waals surface area contributed by atoms with Gasteiger partial charge in [0.15, 0.2) is 0 Å². The molecule has 146 valence electrons. The summed E-state index contributed by atoms with van der Waals surface area (Å²) in [5, 5.41) is 0. The SMILES string of the molecule is COc1ccc(S(=O)(=O)N2CCN(CCOc3cccc(C)c3)CC2)cc1. The van der Waals surface area contributed by atoms with Crippen molar-refractivity contribution in [2.24, 2.45) is 0 Å². The number of hydrogen-bond donors (Lipinski definition) is 0. The lowest BCUT2D eigenvalue weighted by molar-refractivity contribution is 0.159. The maximum Gasteiger partial charge on any atom is 0.243 e. The molecule has 0 N–H and O–H groups in total. The van der Waals surface area contributed by atoms with Gasteiger partial charge in [0.2, 0.25) is 10.0 Å². The highest BCUT2D eigenvalue weighted by atomic mass is 32.2. The number of aryl methyl sites for hydroxylation is 1. The van der Waals surface area contributed by atoms with E-state index in [1.54, 1.807) is 35.7 Å². The predicted octanol–water partition coefficient (Wildman–Crippen LogP) is 2.39. The fraction of sp³-hybridized carbons (Fsp3) is 0.400. The molecule has 1 heterocycles. The minimum absolute atomic E-state index is 0.305. The van der Waals surface area contributed by atoms with Crippen LogP contribution in [0.15, 0.2) is 53.4 Å². The second kappa shape index (κ2) is 8.73. The molecule has 3 rings (SSSR count). The molecule has 6 nitrogen and oxygen atoms in total. The van der Waals surface area contributed by atoms with Gasteiger partial charge in [0, 0.05) is 32.7 Å². The molecule has 7 heteroatoms. The van der Waals surface area contributed by atoms with Crippen LogP contribution in [0.5, 0.6) is 11.5 Å². The maximum atomic E-state index is 12.8. The summed E-state index contributed by atoms with van der Waals surface area (Å²) in [6.07, 6.45) is 0. The Balaban J connectivity index is 1.49. The summed E-state index contributed by atoms with van der Waals surface area (Å²) in [6.45, 7) is 5.78. The molecule has 1 aliphatic rings. The Morgan fingerprint density at radius 1 is 0.963 bits per heavy atom. The van der Waals surface area contributed by atoms with E-state index >= 15 is 0 Å². The highest BCUT2D eigenvalue weighted by Crippen LogP contribution is 2.20. The first-order chi connectivity index (χ1) is 13.0. The van der Waals surface area contributed by atoms with E-state index in [0.717, 1.165) is 12.3 Å². The van der Waals surface area contributed by atoms with Crippen molar-refractivity contribution in [3.8, 4) is 11.5 Å². The molecular weight excluding hydrogens is 364 g/mol. The number of rotatable bonds is 7. The zero-order chi connectivity index (χ0) is 19.3. The van der Waals surface area contributed by atoms with Gasteiger partial charge in [0.25, 0.3) is 0 Å². The van der Waals surface area contributed by atoms with E-state index in [1.165, 1.54) is 5.56 Å². The third kappa shape index (κ3) is 5.00. The predicted molar refractivity (Wildman–Crippen MR) is 105 cm³/mol. The van der Waals surface area contributed by atoms with Gasteiger partial charge in [-0.2, -0.15) is 4.31 Å². The fourth-order valence-corrected chi connectivity index (χ4v) is 4.51. The first-order valence-corrected chi connectivity index (χ1v) is 10.5. The third-order valence-electron chi connectivity index (χ3n) is 4.69. The van der Waals surface area contributed by atoms with Crippen LogP contribution in [-0.4, -0.2) is 64.1 Å². The number of nitrogens with zero attached hydrogens (tertiary/aromatic N) is 2. The monoisotopic (exact) mass is 390 g/mol. The average Bonchev–Trinajstić information content (AvgIpc) is 2.68. The minimum Gasteiger partial charge on any atom is -0.497 e. The van der Waals surface area contributed by atoms with E-state index in [1.807, 2.05) is 31.2 Å². The second-order valence-electron chi connectivity index (χ2n) is 6.59. The van der Waals surface area contributed by atoms with Gasteiger partial charge in [-0.1, -0.05) is 12.1 Å². The van der Waals surface area contributed by atoms with Crippen LogP contribution in [0.25, 0.3) is 0 Å². The Hall–Kier alpha value is -2.09. The van der Waals surface area contributed by atoms with Crippen molar-refractivity contribution in [1.82, 2.24) is 9.21 Å². The number of hydrogen-bond acceptors (Lipinski definition) is 5. The minimum atomic E-state index is -3.46. The Labute approximate surface area is 161 Å². The van der Waals surface area contributed by atoms with Crippen LogP contribution in [0.2, 0.25) is 0 Å². The van der Waals surface area contributed by atoms with Gasteiger partial charge in [0.1, 0.15) is 18.1 Å². The van der Waals surface area contributed by atoms with Gasteiger partial charge >= 0.3 is 0 Å². The molecule has 1 saturated heterocycles. The number of sulfonamides is 1. The van der Waals surface area contributed by atoms with Crippen molar-refractivity contribution in [3.05, 3.63) is 54.1 Å². The third-order valence-corrected chi connectivity index (χ3v) is 6.61. The molecule has 0 aliphatic carbocycles. The first kappa shape index (κ1) is 19.7. The number of ether oxygens (including phenoxy) is 2. The van der Waals surface area contributed by atoms with Gasteiger partial charge in [0.05, 0.1) is 12.0 Å². The van der Waals surface area contributed by atoms with Gasteiger partial charge in [-0.3, -0.25) is 4.90 Å². The molecule has 0 saturated carbocycles. The summed E-state index contributed by atoms with van der Waals surface area (Å²) in [5.74, 6) is 1.52. The van der Waals surface area contributed by atoms with Crippen molar-refractivity contribution in [1.29, 1.82) is 0 Å². The standard InChI is InChI=1S/C20H26N2O4S/c1-17-4-3-5-19(16-17)26-15-14-21-10-12-22(13-11-21)27(23,24)20-8-6-18(25-2)7-9-20/h3-9,16H,10-15H2,1-2H3. The van der Waals surface area contributed by atoms with E-state index in [4.69, 9.17) is 9.47 Å². The molecule has 0 bridgehead atoms. The highest BCUT2D eigenvalue weighted by Gasteiger charge is 2.28. The highest BCUT2D eigenvalue weighted by molar-refractivity contribution is 7.89. The molecule has 27 heavy (non-hydrogen) atoms. The summed E-state index contributed by atoms with van der Waals surface area (Å²) in [6, 6.07) is 14.5. The Morgan fingerprint density at radius 3 is 2.30 bits per heavy atom.